The lowest BCUT2D eigenvalue weighted by Gasteiger charge is -2.02. The molecule has 0 saturated heterocycles. The van der Waals surface area contributed by atoms with Crippen molar-refractivity contribution >= 4 is 9.84 Å². The molecule has 0 radical (unpaired) electrons. The molecule has 2 rings (SSSR count). The molecule has 0 amide bonds. The molecule has 17 heavy (non-hydrogen) atoms. The van der Waals surface area contributed by atoms with Gasteiger partial charge in [0.25, 0.3) is 0 Å². The van der Waals surface area contributed by atoms with E-state index in [4.69, 9.17) is 4.74 Å². The van der Waals surface area contributed by atoms with E-state index in [0.717, 1.165) is 11.3 Å². The summed E-state index contributed by atoms with van der Waals surface area (Å²) in [7, 11) is -1.51. The number of methoxy groups -OCH3 is 1. The van der Waals surface area contributed by atoms with Gasteiger partial charge in [-0.1, -0.05) is 12.1 Å². The number of benzene rings is 1. The Kier molecular flexibility index (Phi) is 3.14. The summed E-state index contributed by atoms with van der Waals surface area (Å²) in [6, 6.07) is 7.33. The van der Waals surface area contributed by atoms with Crippen molar-refractivity contribution in [2.24, 2.45) is 5.92 Å². The second-order valence-corrected chi connectivity index (χ2v) is 6.64. The number of aliphatic hydroxyl groups is 1. The Balaban J connectivity index is 2.23. The maximum Gasteiger partial charge on any atom is 0.151 e. The zero-order chi connectivity index (χ0) is 12.6. The number of hydrogen-bond acceptors (Lipinski definition) is 4. The van der Waals surface area contributed by atoms with Crippen LogP contribution in [0.2, 0.25) is 0 Å². The van der Waals surface area contributed by atoms with Gasteiger partial charge in [0.05, 0.1) is 12.4 Å². The first kappa shape index (κ1) is 12.4. The van der Waals surface area contributed by atoms with Crippen molar-refractivity contribution in [1.29, 1.82) is 0 Å². The van der Waals surface area contributed by atoms with E-state index in [1.807, 2.05) is 12.1 Å². The molecule has 1 aliphatic carbocycles. The van der Waals surface area contributed by atoms with Gasteiger partial charge in [-0.25, -0.2) is 8.42 Å². The third kappa shape index (κ3) is 2.30. The smallest absolute Gasteiger partial charge is 0.151 e. The van der Waals surface area contributed by atoms with Gasteiger partial charge in [0.15, 0.2) is 9.84 Å². The second-order valence-electron chi connectivity index (χ2n) is 4.44. The molecule has 94 valence electrons. The van der Waals surface area contributed by atoms with Crippen LogP contribution in [0.1, 0.15) is 11.5 Å². The average Bonchev–Trinajstić information content (AvgIpc) is 3.03. The van der Waals surface area contributed by atoms with Crippen LogP contribution in [-0.2, 0) is 9.84 Å². The van der Waals surface area contributed by atoms with Crippen molar-refractivity contribution < 1.29 is 18.3 Å². The molecule has 0 heterocycles. The van der Waals surface area contributed by atoms with Crippen LogP contribution < -0.4 is 4.74 Å². The minimum absolute atomic E-state index is 0.0825. The number of ether oxygens (including phenoxy) is 1. The normalized spacial score (nSPS) is 27.8. The van der Waals surface area contributed by atoms with E-state index in [1.54, 1.807) is 19.2 Å². The van der Waals surface area contributed by atoms with Crippen LogP contribution in [0, 0.1) is 5.92 Å². The molecule has 0 aliphatic heterocycles. The molecule has 1 aromatic carbocycles. The lowest BCUT2D eigenvalue weighted by atomic mass is 10.1. The summed E-state index contributed by atoms with van der Waals surface area (Å²) in [5, 5.41) is 8.74. The summed E-state index contributed by atoms with van der Waals surface area (Å²) in [6.45, 7) is -0.0889. The van der Waals surface area contributed by atoms with Crippen LogP contribution in [0.3, 0.4) is 0 Å². The zero-order valence-electron chi connectivity index (χ0n) is 9.83. The number of sulfone groups is 1. The van der Waals surface area contributed by atoms with Crippen LogP contribution in [0.25, 0.3) is 0 Å². The fourth-order valence-corrected chi connectivity index (χ4v) is 4.10. The number of rotatable bonds is 4. The maximum absolute atomic E-state index is 11.5. The summed E-state index contributed by atoms with van der Waals surface area (Å²) in [5.41, 5.74) is 0.945. The summed E-state index contributed by atoms with van der Waals surface area (Å²) in [6.07, 6.45) is 1.23. The molecular formula is C12H16O4S. The molecule has 1 aliphatic rings. The van der Waals surface area contributed by atoms with Crippen LogP contribution in [0.5, 0.6) is 5.75 Å². The van der Waals surface area contributed by atoms with E-state index in [9.17, 15) is 13.5 Å². The highest BCUT2D eigenvalue weighted by Crippen LogP contribution is 2.51. The summed E-state index contributed by atoms with van der Waals surface area (Å²) in [5.74, 6) is 0.491. The van der Waals surface area contributed by atoms with Gasteiger partial charge in [0, 0.05) is 24.7 Å². The van der Waals surface area contributed by atoms with Crippen molar-refractivity contribution in [1.82, 2.24) is 0 Å². The predicted octanol–water partition coefficient (Wildman–Crippen LogP) is 0.814. The second kappa shape index (κ2) is 4.31. The Hall–Kier alpha value is -1.07. The van der Waals surface area contributed by atoms with Crippen molar-refractivity contribution in [3.05, 3.63) is 29.8 Å². The van der Waals surface area contributed by atoms with Crippen molar-refractivity contribution in [2.45, 2.75) is 11.2 Å². The highest BCUT2D eigenvalue weighted by atomic mass is 32.2. The molecule has 0 unspecified atom stereocenters. The highest BCUT2D eigenvalue weighted by Gasteiger charge is 2.56. The largest absolute Gasteiger partial charge is 0.497 e. The lowest BCUT2D eigenvalue weighted by Crippen LogP contribution is -2.08. The van der Waals surface area contributed by atoms with Gasteiger partial charge < -0.3 is 9.84 Å². The van der Waals surface area contributed by atoms with E-state index < -0.39 is 15.1 Å². The quantitative estimate of drug-likeness (QED) is 0.866. The Bertz CT molecular complexity index is 492. The van der Waals surface area contributed by atoms with E-state index in [1.165, 1.54) is 6.26 Å². The Morgan fingerprint density at radius 2 is 1.88 bits per heavy atom. The molecule has 0 aromatic heterocycles. The van der Waals surface area contributed by atoms with E-state index in [-0.39, 0.29) is 18.4 Å². The van der Waals surface area contributed by atoms with Crippen molar-refractivity contribution in [3.63, 3.8) is 0 Å². The molecule has 3 atom stereocenters. The van der Waals surface area contributed by atoms with E-state index >= 15 is 0 Å². The minimum Gasteiger partial charge on any atom is -0.497 e. The minimum atomic E-state index is -3.10. The van der Waals surface area contributed by atoms with Gasteiger partial charge in [-0.05, 0) is 17.7 Å². The molecule has 0 spiro atoms. The SMILES string of the molecule is COc1ccc([C@@H]2[C@@H](CO)[C@@H]2S(C)(=O)=O)cc1. The zero-order valence-corrected chi connectivity index (χ0v) is 10.6. The highest BCUT2D eigenvalue weighted by molar-refractivity contribution is 7.91. The van der Waals surface area contributed by atoms with Gasteiger partial charge in [-0.3, -0.25) is 0 Å². The first-order chi connectivity index (χ1) is 7.99. The van der Waals surface area contributed by atoms with Crippen LogP contribution in [0.4, 0.5) is 0 Å². The third-order valence-electron chi connectivity index (χ3n) is 3.30. The molecule has 1 N–H and O–H groups in total. The fraction of sp³-hybridized carbons (Fsp3) is 0.500. The first-order valence-electron chi connectivity index (χ1n) is 5.42. The van der Waals surface area contributed by atoms with E-state index in [2.05, 4.69) is 0 Å². The Morgan fingerprint density at radius 1 is 1.29 bits per heavy atom. The van der Waals surface area contributed by atoms with Gasteiger partial charge in [-0.15, -0.1) is 0 Å². The summed E-state index contributed by atoms with van der Waals surface area (Å²) >= 11 is 0. The third-order valence-corrected chi connectivity index (χ3v) is 4.93. The first-order valence-corrected chi connectivity index (χ1v) is 7.38. The molecule has 1 aromatic rings. The molecule has 0 bridgehead atoms. The monoisotopic (exact) mass is 256 g/mol. The molecule has 5 heteroatoms. The van der Waals surface area contributed by atoms with Gasteiger partial charge in [0.2, 0.25) is 0 Å². The van der Waals surface area contributed by atoms with Crippen LogP contribution in [-0.4, -0.2) is 38.7 Å². The molecule has 1 saturated carbocycles. The molecule has 1 fully saturated rings. The van der Waals surface area contributed by atoms with Crippen molar-refractivity contribution in [2.75, 3.05) is 20.0 Å². The number of hydrogen-bond donors (Lipinski definition) is 1. The Morgan fingerprint density at radius 3 is 2.24 bits per heavy atom. The predicted molar refractivity (Wildman–Crippen MR) is 64.9 cm³/mol. The van der Waals surface area contributed by atoms with E-state index in [0.29, 0.717) is 0 Å². The summed E-state index contributed by atoms with van der Waals surface area (Å²) in [4.78, 5) is 0. The van der Waals surface area contributed by atoms with Crippen LogP contribution >= 0.6 is 0 Å². The van der Waals surface area contributed by atoms with Gasteiger partial charge in [-0.2, -0.15) is 0 Å². The molecular weight excluding hydrogens is 240 g/mol. The average molecular weight is 256 g/mol. The van der Waals surface area contributed by atoms with Crippen molar-refractivity contribution in [3.8, 4) is 5.75 Å². The van der Waals surface area contributed by atoms with Gasteiger partial charge in [0.1, 0.15) is 5.75 Å². The lowest BCUT2D eigenvalue weighted by molar-refractivity contribution is 0.274. The topological polar surface area (TPSA) is 63.6 Å². The van der Waals surface area contributed by atoms with Crippen LogP contribution in [0.15, 0.2) is 24.3 Å². The fourth-order valence-electron chi connectivity index (χ4n) is 2.41. The Labute approximate surface area is 101 Å². The number of aliphatic hydroxyl groups excluding tert-OH is 1. The van der Waals surface area contributed by atoms with Gasteiger partial charge >= 0.3 is 0 Å². The molecule has 4 nitrogen and oxygen atoms in total. The maximum atomic E-state index is 11.5. The standard InChI is InChI=1S/C12H16O4S/c1-16-9-5-3-8(4-6-9)11-10(7-13)12(11)17(2,14)15/h3-6,10-13H,7H2,1-2H3/t10-,11-,12+/m1/s1. The summed E-state index contributed by atoms with van der Waals surface area (Å²) < 4.78 is 28.1.